The second-order valence-corrected chi connectivity index (χ2v) is 7.45. The molecule has 0 spiro atoms. The summed E-state index contributed by atoms with van der Waals surface area (Å²) in [5.41, 5.74) is 4.14. The molecule has 0 aliphatic rings. The van der Waals surface area contributed by atoms with Crippen molar-refractivity contribution in [1.29, 1.82) is 0 Å². The first-order valence-electron chi connectivity index (χ1n) is 7.86. The van der Waals surface area contributed by atoms with Crippen molar-refractivity contribution >= 4 is 35.2 Å². The molecule has 2 aromatic carbocycles. The molecule has 0 saturated carbocycles. The monoisotopic (exact) mass is 400 g/mol. The van der Waals surface area contributed by atoms with Crippen LogP contribution in [-0.2, 0) is 4.79 Å². The topological polar surface area (TPSA) is 96.7 Å². The minimum atomic E-state index is -0.251. The number of hydrogen-bond donors (Lipinski definition) is 2. The van der Waals surface area contributed by atoms with Crippen molar-refractivity contribution in [1.82, 2.24) is 15.6 Å². The molecule has 0 bridgehead atoms. The molecule has 0 radical (unpaired) electrons. The van der Waals surface area contributed by atoms with Gasteiger partial charge in [0.25, 0.3) is 5.91 Å². The Morgan fingerprint density at radius 1 is 1.30 bits per heavy atom. The van der Waals surface area contributed by atoms with Gasteiger partial charge in [0.15, 0.2) is 15.8 Å². The maximum Gasteiger partial charge on any atom is 0.250 e. The number of phenols is 1. The summed E-state index contributed by atoms with van der Waals surface area (Å²) >= 11 is 2.74. The lowest BCUT2D eigenvalue weighted by Gasteiger charge is -2.03. The highest BCUT2D eigenvalue weighted by Gasteiger charge is 2.09. The summed E-state index contributed by atoms with van der Waals surface area (Å²) in [7, 11) is 1.46. The normalized spacial score (nSPS) is 10.9. The van der Waals surface area contributed by atoms with Crippen LogP contribution in [0.3, 0.4) is 0 Å². The molecular weight excluding hydrogens is 384 g/mol. The fourth-order valence-electron chi connectivity index (χ4n) is 2.08. The number of methoxy groups -OCH3 is 1. The number of carbonyl (C=O) groups excluding carboxylic acids is 1. The van der Waals surface area contributed by atoms with Gasteiger partial charge in [0.2, 0.25) is 0 Å². The van der Waals surface area contributed by atoms with Crippen LogP contribution < -0.4 is 10.2 Å². The number of aromatic hydroxyl groups is 1. The Morgan fingerprint density at radius 2 is 2.11 bits per heavy atom. The molecule has 3 aromatic rings. The van der Waals surface area contributed by atoms with Gasteiger partial charge in [0.1, 0.15) is 5.01 Å². The molecule has 0 saturated heterocycles. The molecule has 1 heterocycles. The lowest BCUT2D eigenvalue weighted by Crippen LogP contribution is -2.19. The average Bonchev–Trinajstić information content (AvgIpc) is 3.17. The number of hydrazone groups is 1. The van der Waals surface area contributed by atoms with E-state index in [2.05, 4.69) is 20.7 Å². The third-order valence-electron chi connectivity index (χ3n) is 3.36. The molecule has 0 aliphatic heterocycles. The van der Waals surface area contributed by atoms with Crippen LogP contribution in [0.5, 0.6) is 11.5 Å². The number of thioether (sulfide) groups is 1. The Hall–Kier alpha value is -2.91. The zero-order valence-corrected chi connectivity index (χ0v) is 16.0. The van der Waals surface area contributed by atoms with Crippen molar-refractivity contribution in [2.24, 2.45) is 5.10 Å². The van der Waals surface area contributed by atoms with Gasteiger partial charge in [-0.25, -0.2) is 5.43 Å². The van der Waals surface area contributed by atoms with E-state index in [4.69, 9.17) is 4.74 Å². The molecule has 1 aromatic heterocycles. The molecule has 138 valence electrons. The van der Waals surface area contributed by atoms with Crippen LogP contribution >= 0.6 is 23.1 Å². The third-order valence-corrected chi connectivity index (χ3v) is 5.47. The number of hydrogen-bond acceptors (Lipinski definition) is 8. The quantitative estimate of drug-likeness (QED) is 0.359. The zero-order valence-electron chi connectivity index (χ0n) is 14.3. The number of phenolic OH excluding ortho intramolecular Hbond substituents is 1. The lowest BCUT2D eigenvalue weighted by molar-refractivity contribution is -0.118. The molecule has 0 aliphatic carbocycles. The van der Waals surface area contributed by atoms with E-state index in [0.717, 1.165) is 14.9 Å². The fraction of sp³-hybridized carbons (Fsp3) is 0.111. The van der Waals surface area contributed by atoms with Gasteiger partial charge in [-0.3, -0.25) is 4.79 Å². The maximum absolute atomic E-state index is 11.9. The summed E-state index contributed by atoms with van der Waals surface area (Å²) < 4.78 is 5.74. The molecule has 0 atom stereocenters. The van der Waals surface area contributed by atoms with Gasteiger partial charge in [-0.2, -0.15) is 5.10 Å². The van der Waals surface area contributed by atoms with Crippen molar-refractivity contribution in [3.8, 4) is 22.1 Å². The summed E-state index contributed by atoms with van der Waals surface area (Å²) in [6, 6.07) is 14.5. The van der Waals surface area contributed by atoms with E-state index >= 15 is 0 Å². The Balaban J connectivity index is 1.49. The molecule has 1 amide bonds. The van der Waals surface area contributed by atoms with E-state index in [9.17, 15) is 9.90 Å². The van der Waals surface area contributed by atoms with E-state index in [0.29, 0.717) is 11.3 Å². The van der Waals surface area contributed by atoms with E-state index < -0.39 is 0 Å². The van der Waals surface area contributed by atoms with E-state index in [1.165, 1.54) is 42.5 Å². The van der Waals surface area contributed by atoms with Crippen molar-refractivity contribution in [2.75, 3.05) is 12.9 Å². The number of aromatic nitrogens is 2. The highest BCUT2D eigenvalue weighted by molar-refractivity contribution is 8.01. The van der Waals surface area contributed by atoms with Crippen LogP contribution in [0.2, 0.25) is 0 Å². The molecular formula is C18H16N4O3S2. The van der Waals surface area contributed by atoms with E-state index in [1.807, 2.05) is 30.3 Å². The van der Waals surface area contributed by atoms with Crippen LogP contribution in [0.15, 0.2) is 58.0 Å². The molecule has 27 heavy (non-hydrogen) atoms. The summed E-state index contributed by atoms with van der Waals surface area (Å²) in [6.45, 7) is 0. The highest BCUT2D eigenvalue weighted by Crippen LogP contribution is 2.29. The Morgan fingerprint density at radius 3 is 2.89 bits per heavy atom. The first-order chi connectivity index (χ1) is 13.2. The van der Waals surface area contributed by atoms with Gasteiger partial charge in [0, 0.05) is 5.56 Å². The number of rotatable bonds is 7. The van der Waals surface area contributed by atoms with Crippen LogP contribution in [0, 0.1) is 0 Å². The number of nitrogens with one attached hydrogen (secondary N) is 1. The van der Waals surface area contributed by atoms with Gasteiger partial charge >= 0.3 is 0 Å². The Kier molecular flexibility index (Phi) is 6.39. The summed E-state index contributed by atoms with van der Waals surface area (Å²) in [5, 5.41) is 22.5. The molecule has 9 heteroatoms. The van der Waals surface area contributed by atoms with Gasteiger partial charge in [-0.15, -0.1) is 10.2 Å². The predicted octanol–water partition coefficient (Wildman–Crippen LogP) is 3.16. The fourth-order valence-corrected chi connectivity index (χ4v) is 3.73. The van der Waals surface area contributed by atoms with Crippen molar-refractivity contribution in [2.45, 2.75) is 4.34 Å². The summed E-state index contributed by atoms with van der Waals surface area (Å²) in [5.74, 6) is 0.312. The number of nitrogens with zero attached hydrogens (tertiary/aromatic N) is 3. The molecule has 7 nitrogen and oxygen atoms in total. The van der Waals surface area contributed by atoms with Gasteiger partial charge in [0.05, 0.1) is 19.1 Å². The summed E-state index contributed by atoms with van der Waals surface area (Å²) in [6.07, 6.45) is 1.48. The number of amides is 1. The molecule has 2 N–H and O–H groups in total. The van der Waals surface area contributed by atoms with Crippen LogP contribution in [0.4, 0.5) is 0 Å². The number of carbonyl (C=O) groups is 1. The maximum atomic E-state index is 11.9. The first-order valence-corrected chi connectivity index (χ1v) is 9.66. The second kappa shape index (κ2) is 9.15. The summed E-state index contributed by atoms with van der Waals surface area (Å²) in [4.78, 5) is 11.9. The minimum Gasteiger partial charge on any atom is -0.504 e. The van der Waals surface area contributed by atoms with Crippen molar-refractivity contribution in [3.63, 3.8) is 0 Å². The first kappa shape index (κ1) is 18.9. The zero-order chi connectivity index (χ0) is 19.1. The van der Waals surface area contributed by atoms with Crippen LogP contribution in [-0.4, -0.2) is 40.3 Å². The Labute approximate surface area is 164 Å². The largest absolute Gasteiger partial charge is 0.504 e. The lowest BCUT2D eigenvalue weighted by atomic mass is 10.2. The molecule has 3 rings (SSSR count). The van der Waals surface area contributed by atoms with E-state index in [1.54, 1.807) is 12.1 Å². The number of ether oxygens (including phenoxy) is 1. The minimum absolute atomic E-state index is 0.0435. The van der Waals surface area contributed by atoms with Gasteiger partial charge < -0.3 is 9.84 Å². The highest BCUT2D eigenvalue weighted by atomic mass is 32.2. The second-order valence-electron chi connectivity index (χ2n) is 5.25. The van der Waals surface area contributed by atoms with Crippen molar-refractivity contribution in [3.05, 3.63) is 54.1 Å². The van der Waals surface area contributed by atoms with Gasteiger partial charge in [-0.05, 0) is 23.8 Å². The molecule has 0 unspecified atom stereocenters. The third kappa shape index (κ3) is 5.28. The number of benzene rings is 2. The smallest absolute Gasteiger partial charge is 0.250 e. The van der Waals surface area contributed by atoms with Gasteiger partial charge in [-0.1, -0.05) is 53.4 Å². The predicted molar refractivity (Wildman–Crippen MR) is 106 cm³/mol. The van der Waals surface area contributed by atoms with E-state index in [-0.39, 0.29) is 17.4 Å². The van der Waals surface area contributed by atoms with Crippen LogP contribution in [0.25, 0.3) is 10.6 Å². The average molecular weight is 400 g/mol. The Bertz CT molecular complexity index is 945. The standard InChI is InChI=1S/C18H16N4O3S2/c1-25-15-9-12(7-8-14(15)23)10-19-20-16(24)11-26-18-22-21-17(27-18)13-5-3-2-4-6-13/h2-10,23H,11H2,1H3,(H,20,24). The van der Waals surface area contributed by atoms with Crippen molar-refractivity contribution < 1.29 is 14.6 Å². The van der Waals surface area contributed by atoms with Crippen LogP contribution in [0.1, 0.15) is 5.56 Å². The molecule has 0 fully saturated rings. The SMILES string of the molecule is COc1cc(C=NNC(=O)CSc2nnc(-c3ccccc3)s2)ccc1O.